The van der Waals surface area contributed by atoms with Crippen LogP contribution in [-0.4, -0.2) is 28.3 Å². The second kappa shape index (κ2) is 9.70. The second-order valence-corrected chi connectivity index (χ2v) is 9.41. The van der Waals surface area contributed by atoms with Gasteiger partial charge in [-0.05, 0) is 43.4 Å². The van der Waals surface area contributed by atoms with Gasteiger partial charge in [-0.15, -0.1) is 17.9 Å². The first-order valence-electron chi connectivity index (χ1n) is 10.3. The number of hydrogen-bond acceptors (Lipinski definition) is 6. The number of rotatable bonds is 7. The maximum absolute atomic E-state index is 13.4. The van der Waals surface area contributed by atoms with Gasteiger partial charge in [0.05, 0.1) is 23.9 Å². The molecule has 31 heavy (non-hydrogen) atoms. The van der Waals surface area contributed by atoms with Gasteiger partial charge in [-0.1, -0.05) is 36.4 Å². The molecule has 0 radical (unpaired) electrons. The van der Waals surface area contributed by atoms with E-state index in [1.807, 2.05) is 12.1 Å². The first kappa shape index (κ1) is 21.6. The van der Waals surface area contributed by atoms with Crippen molar-refractivity contribution in [3.05, 3.63) is 57.7 Å². The minimum Gasteiger partial charge on any atom is -0.495 e. The van der Waals surface area contributed by atoms with Crippen LogP contribution in [-0.2, 0) is 24.2 Å². The van der Waals surface area contributed by atoms with E-state index in [0.29, 0.717) is 23.1 Å². The van der Waals surface area contributed by atoms with Crippen LogP contribution in [0.15, 0.2) is 46.9 Å². The number of nitrogens with one attached hydrogen (secondary N) is 1. The number of para-hydroxylation sites is 2. The molecule has 1 amide bonds. The van der Waals surface area contributed by atoms with Crippen LogP contribution < -0.4 is 15.6 Å². The topological polar surface area (TPSA) is 73.2 Å². The summed E-state index contributed by atoms with van der Waals surface area (Å²) in [5.74, 6) is 0.554. The Morgan fingerprint density at radius 3 is 2.94 bits per heavy atom. The zero-order valence-corrected chi connectivity index (χ0v) is 19.1. The Balaban J connectivity index is 1.61. The molecule has 0 spiro atoms. The number of thiophene rings is 1. The molecule has 1 N–H and O–H groups in total. The molecule has 0 bridgehead atoms. The normalized spacial score (nSPS) is 13.5. The molecule has 8 heteroatoms. The fourth-order valence-electron chi connectivity index (χ4n) is 3.86. The minimum absolute atomic E-state index is 0.0306. The zero-order chi connectivity index (χ0) is 21.8. The van der Waals surface area contributed by atoms with E-state index in [9.17, 15) is 9.59 Å². The van der Waals surface area contributed by atoms with Crippen LogP contribution in [0.25, 0.3) is 10.2 Å². The molecule has 0 aliphatic heterocycles. The highest BCUT2D eigenvalue weighted by molar-refractivity contribution is 7.99. The van der Waals surface area contributed by atoms with Crippen LogP contribution in [0.2, 0.25) is 0 Å². The van der Waals surface area contributed by atoms with Crippen molar-refractivity contribution in [3.63, 3.8) is 0 Å². The van der Waals surface area contributed by atoms with Gasteiger partial charge in [0, 0.05) is 11.4 Å². The molecule has 0 atom stereocenters. The van der Waals surface area contributed by atoms with Gasteiger partial charge in [-0.2, -0.15) is 0 Å². The SMILES string of the molecule is C=CCn1c(SCC(=O)Nc2ccccc2OC)nc2sc3c(c2c1=O)CCCCC3. The van der Waals surface area contributed by atoms with Crippen molar-refractivity contribution in [2.45, 2.75) is 43.8 Å². The summed E-state index contributed by atoms with van der Waals surface area (Å²) in [4.78, 5) is 32.8. The highest BCUT2D eigenvalue weighted by atomic mass is 32.2. The molecular weight excluding hydrogens is 430 g/mol. The van der Waals surface area contributed by atoms with Crippen LogP contribution in [0.1, 0.15) is 29.7 Å². The molecule has 0 fully saturated rings. The Hall–Kier alpha value is -2.58. The van der Waals surface area contributed by atoms with E-state index < -0.39 is 0 Å². The summed E-state index contributed by atoms with van der Waals surface area (Å²) >= 11 is 2.89. The number of benzene rings is 1. The minimum atomic E-state index is -0.184. The first-order valence-corrected chi connectivity index (χ1v) is 12.1. The number of aromatic nitrogens is 2. The smallest absolute Gasteiger partial charge is 0.263 e. The van der Waals surface area contributed by atoms with Crippen molar-refractivity contribution in [2.24, 2.45) is 0 Å². The third kappa shape index (κ3) is 4.55. The van der Waals surface area contributed by atoms with E-state index in [-0.39, 0.29) is 17.2 Å². The zero-order valence-electron chi connectivity index (χ0n) is 17.5. The maximum Gasteiger partial charge on any atom is 0.263 e. The number of allylic oxidation sites excluding steroid dienone is 1. The van der Waals surface area contributed by atoms with Crippen molar-refractivity contribution < 1.29 is 9.53 Å². The lowest BCUT2D eigenvalue weighted by Gasteiger charge is -2.12. The second-order valence-electron chi connectivity index (χ2n) is 7.38. The highest BCUT2D eigenvalue weighted by Gasteiger charge is 2.21. The quantitative estimate of drug-likeness (QED) is 0.243. The van der Waals surface area contributed by atoms with E-state index in [1.165, 1.54) is 28.6 Å². The van der Waals surface area contributed by atoms with Gasteiger partial charge >= 0.3 is 0 Å². The van der Waals surface area contributed by atoms with E-state index in [4.69, 9.17) is 9.72 Å². The summed E-state index contributed by atoms with van der Waals surface area (Å²) in [5, 5.41) is 4.17. The Morgan fingerprint density at radius 2 is 2.13 bits per heavy atom. The number of amides is 1. The van der Waals surface area contributed by atoms with Crippen molar-refractivity contribution >= 4 is 44.9 Å². The summed E-state index contributed by atoms with van der Waals surface area (Å²) in [7, 11) is 1.56. The van der Waals surface area contributed by atoms with E-state index >= 15 is 0 Å². The maximum atomic E-state index is 13.4. The molecule has 1 aromatic carbocycles. The molecule has 4 rings (SSSR count). The Morgan fingerprint density at radius 1 is 1.32 bits per heavy atom. The predicted molar refractivity (Wildman–Crippen MR) is 128 cm³/mol. The number of anilines is 1. The van der Waals surface area contributed by atoms with Crippen LogP contribution in [0.5, 0.6) is 5.75 Å². The molecule has 2 aromatic heterocycles. The van der Waals surface area contributed by atoms with Crippen LogP contribution >= 0.6 is 23.1 Å². The third-order valence-electron chi connectivity index (χ3n) is 5.31. The standard InChI is InChI=1S/C23H25N3O3S2/c1-3-13-26-22(28)20-15-9-5-4-6-12-18(15)31-21(20)25-23(26)30-14-19(27)24-16-10-7-8-11-17(16)29-2/h3,7-8,10-11H,1,4-6,9,12-14H2,2H3,(H,24,27). The van der Waals surface area contributed by atoms with Crippen LogP contribution in [0.3, 0.4) is 0 Å². The number of nitrogens with zero attached hydrogens (tertiary/aromatic N) is 2. The number of thioether (sulfide) groups is 1. The lowest BCUT2D eigenvalue weighted by Crippen LogP contribution is -2.24. The lowest BCUT2D eigenvalue weighted by atomic mass is 10.1. The van der Waals surface area contributed by atoms with E-state index in [0.717, 1.165) is 35.9 Å². The molecule has 3 aromatic rings. The average molecular weight is 456 g/mol. The number of methoxy groups -OCH3 is 1. The Labute approximate surface area is 189 Å². The molecule has 2 heterocycles. The van der Waals surface area contributed by atoms with Gasteiger partial charge in [0.15, 0.2) is 5.16 Å². The molecule has 0 saturated carbocycles. The van der Waals surface area contributed by atoms with Gasteiger partial charge in [0.25, 0.3) is 5.56 Å². The number of fused-ring (bicyclic) bond motifs is 3. The lowest BCUT2D eigenvalue weighted by molar-refractivity contribution is -0.113. The van der Waals surface area contributed by atoms with Gasteiger partial charge in [0.2, 0.25) is 5.91 Å². The van der Waals surface area contributed by atoms with Gasteiger partial charge < -0.3 is 10.1 Å². The number of carbonyl (C=O) groups excluding carboxylic acids is 1. The molecular formula is C23H25N3O3S2. The molecule has 0 unspecified atom stereocenters. The summed E-state index contributed by atoms with van der Waals surface area (Å²) in [6.45, 7) is 4.16. The van der Waals surface area contributed by atoms with Crippen molar-refractivity contribution in [1.82, 2.24) is 9.55 Å². The van der Waals surface area contributed by atoms with Crippen LogP contribution in [0, 0.1) is 0 Å². The molecule has 1 aliphatic carbocycles. The van der Waals surface area contributed by atoms with Gasteiger partial charge in [0.1, 0.15) is 10.6 Å². The molecule has 1 aliphatic rings. The highest BCUT2D eigenvalue weighted by Crippen LogP contribution is 2.34. The van der Waals surface area contributed by atoms with Gasteiger partial charge in [-0.3, -0.25) is 14.2 Å². The Bertz CT molecular complexity index is 1180. The molecule has 6 nitrogen and oxygen atoms in total. The fourth-order valence-corrected chi connectivity index (χ4v) is 5.97. The number of ether oxygens (including phenoxy) is 1. The summed E-state index contributed by atoms with van der Waals surface area (Å²) in [5.41, 5.74) is 1.76. The first-order chi connectivity index (χ1) is 15.1. The Kier molecular flexibility index (Phi) is 6.77. The van der Waals surface area contributed by atoms with Crippen molar-refractivity contribution in [1.29, 1.82) is 0 Å². The molecule has 162 valence electrons. The molecule has 0 saturated heterocycles. The summed E-state index contributed by atoms with van der Waals surface area (Å²) in [6, 6.07) is 7.27. The summed E-state index contributed by atoms with van der Waals surface area (Å²) < 4.78 is 6.92. The van der Waals surface area contributed by atoms with Gasteiger partial charge in [-0.25, -0.2) is 4.98 Å². The largest absolute Gasteiger partial charge is 0.495 e. The number of aryl methyl sites for hydroxylation is 2. The number of hydrogen-bond donors (Lipinski definition) is 1. The predicted octanol–water partition coefficient (Wildman–Crippen LogP) is 4.65. The fraction of sp³-hybridized carbons (Fsp3) is 0.348. The average Bonchev–Trinajstić information content (AvgIpc) is 2.96. The monoisotopic (exact) mass is 455 g/mol. The number of carbonyl (C=O) groups is 1. The van der Waals surface area contributed by atoms with Crippen molar-refractivity contribution in [2.75, 3.05) is 18.2 Å². The van der Waals surface area contributed by atoms with Crippen molar-refractivity contribution in [3.8, 4) is 5.75 Å². The summed E-state index contributed by atoms with van der Waals surface area (Å²) in [6.07, 6.45) is 7.12. The van der Waals surface area contributed by atoms with E-state index in [2.05, 4.69) is 11.9 Å². The van der Waals surface area contributed by atoms with Crippen LogP contribution in [0.4, 0.5) is 5.69 Å². The van der Waals surface area contributed by atoms with E-state index in [1.54, 1.807) is 41.2 Å². The third-order valence-corrected chi connectivity index (χ3v) is 7.48.